The zero-order chi connectivity index (χ0) is 22.6. The molecule has 0 spiro atoms. The predicted octanol–water partition coefficient (Wildman–Crippen LogP) is 3.68. The van der Waals surface area contributed by atoms with E-state index in [1.807, 2.05) is 29.2 Å². The van der Waals surface area contributed by atoms with Crippen molar-refractivity contribution in [2.24, 2.45) is 5.73 Å². The molecule has 0 atom stereocenters. The van der Waals surface area contributed by atoms with Crippen LogP contribution in [0.3, 0.4) is 0 Å². The molecular formula is C23H20ClN3O4S. The average molecular weight is 470 g/mol. The normalized spacial score (nSPS) is 16.0. The summed E-state index contributed by atoms with van der Waals surface area (Å²) in [7, 11) is -2.96. The summed E-state index contributed by atoms with van der Waals surface area (Å²) in [6.45, 7) is 0.902. The van der Waals surface area contributed by atoms with Crippen LogP contribution in [0.15, 0.2) is 48.5 Å². The third-order valence-corrected chi connectivity index (χ3v) is 7.86. The van der Waals surface area contributed by atoms with E-state index in [1.165, 1.54) is 6.07 Å². The fraction of sp³-hybridized carbons (Fsp3) is 0.174. The van der Waals surface area contributed by atoms with Gasteiger partial charge in [0, 0.05) is 35.1 Å². The molecule has 0 bridgehead atoms. The molecule has 1 aliphatic heterocycles. The van der Waals surface area contributed by atoms with Gasteiger partial charge in [-0.3, -0.25) is 4.79 Å². The second kappa shape index (κ2) is 7.43. The van der Waals surface area contributed by atoms with E-state index in [1.54, 1.807) is 18.2 Å². The SMILES string of the molecule is NC(=O)c1cc(-c2ccc(O)c(Cl)c2)cc2c1[nH]c1cc(N3CCS(=O)(=O)CC3)ccc12. The van der Waals surface area contributed by atoms with Crippen LogP contribution in [0.4, 0.5) is 5.69 Å². The Labute approximate surface area is 189 Å². The number of hydrogen-bond acceptors (Lipinski definition) is 5. The van der Waals surface area contributed by atoms with E-state index in [9.17, 15) is 18.3 Å². The Bertz CT molecular complexity index is 1500. The Morgan fingerprint density at radius 1 is 1.00 bits per heavy atom. The van der Waals surface area contributed by atoms with Crippen molar-refractivity contribution in [2.45, 2.75) is 0 Å². The fourth-order valence-corrected chi connectivity index (χ4v) is 5.59. The van der Waals surface area contributed by atoms with E-state index >= 15 is 0 Å². The van der Waals surface area contributed by atoms with Crippen molar-refractivity contribution in [1.82, 2.24) is 4.98 Å². The number of anilines is 1. The molecule has 9 heteroatoms. The number of nitrogens with zero attached hydrogens (tertiary/aromatic N) is 1. The summed E-state index contributed by atoms with van der Waals surface area (Å²) in [5, 5.41) is 11.7. The Morgan fingerprint density at radius 2 is 1.75 bits per heavy atom. The quantitative estimate of drug-likeness (QED) is 0.423. The number of carbonyl (C=O) groups is 1. The number of phenols is 1. The van der Waals surface area contributed by atoms with E-state index in [0.717, 1.165) is 33.1 Å². The van der Waals surface area contributed by atoms with Crippen LogP contribution < -0.4 is 10.6 Å². The number of amides is 1. The van der Waals surface area contributed by atoms with E-state index in [-0.39, 0.29) is 22.3 Å². The molecule has 1 aliphatic rings. The second-order valence-electron chi connectivity index (χ2n) is 7.97. The number of primary amides is 1. The van der Waals surface area contributed by atoms with Crippen LogP contribution in [0.5, 0.6) is 5.75 Å². The number of rotatable bonds is 3. The maximum absolute atomic E-state index is 12.2. The van der Waals surface area contributed by atoms with Gasteiger partial charge in [-0.05, 0) is 47.5 Å². The van der Waals surface area contributed by atoms with Crippen molar-refractivity contribution in [1.29, 1.82) is 0 Å². The van der Waals surface area contributed by atoms with Gasteiger partial charge in [-0.25, -0.2) is 8.42 Å². The molecule has 3 aromatic carbocycles. The van der Waals surface area contributed by atoms with Crippen LogP contribution in [0, 0.1) is 0 Å². The van der Waals surface area contributed by atoms with Gasteiger partial charge in [0.05, 0.1) is 27.6 Å². The molecule has 164 valence electrons. The summed E-state index contributed by atoms with van der Waals surface area (Å²) in [5.74, 6) is -0.295. The number of phenolic OH excluding ortho intramolecular Hbond substituents is 1. The molecule has 4 N–H and O–H groups in total. The standard InChI is InChI=1S/C23H20ClN3O4S/c24-19-11-13(1-4-21(19)28)14-9-17-16-3-2-15(27-5-7-32(30,31)8-6-27)12-20(16)26-22(17)18(10-14)23(25)29/h1-4,9-12,26,28H,5-8H2,(H2,25,29). The first-order valence-corrected chi connectivity index (χ1v) is 12.3. The number of aromatic amines is 1. The number of nitrogens with two attached hydrogens (primary N) is 1. The maximum Gasteiger partial charge on any atom is 0.250 e. The van der Waals surface area contributed by atoms with Crippen LogP contribution in [0.1, 0.15) is 10.4 Å². The minimum Gasteiger partial charge on any atom is -0.506 e. The lowest BCUT2D eigenvalue weighted by atomic mass is 9.98. The highest BCUT2D eigenvalue weighted by atomic mass is 35.5. The first kappa shape index (κ1) is 20.7. The van der Waals surface area contributed by atoms with Crippen LogP contribution in [-0.4, -0.2) is 49.0 Å². The highest BCUT2D eigenvalue weighted by molar-refractivity contribution is 7.91. The highest BCUT2D eigenvalue weighted by Gasteiger charge is 2.22. The van der Waals surface area contributed by atoms with Crippen molar-refractivity contribution in [2.75, 3.05) is 29.5 Å². The van der Waals surface area contributed by atoms with E-state index in [0.29, 0.717) is 24.2 Å². The lowest BCUT2D eigenvalue weighted by Crippen LogP contribution is -2.40. The molecule has 0 radical (unpaired) electrons. The molecule has 1 amide bonds. The highest BCUT2D eigenvalue weighted by Crippen LogP contribution is 2.36. The third kappa shape index (κ3) is 3.55. The molecule has 1 fully saturated rings. The largest absolute Gasteiger partial charge is 0.506 e. The van der Waals surface area contributed by atoms with Gasteiger partial charge in [0.25, 0.3) is 5.91 Å². The topological polar surface area (TPSA) is 116 Å². The lowest BCUT2D eigenvalue weighted by molar-refractivity contribution is 0.100. The zero-order valence-corrected chi connectivity index (χ0v) is 18.5. The molecule has 7 nitrogen and oxygen atoms in total. The summed E-state index contributed by atoms with van der Waals surface area (Å²) in [4.78, 5) is 17.6. The number of carbonyl (C=O) groups excluding carboxylic acids is 1. The van der Waals surface area contributed by atoms with Gasteiger partial charge in [0.2, 0.25) is 0 Å². The number of sulfone groups is 1. The van der Waals surface area contributed by atoms with Gasteiger partial charge in [-0.15, -0.1) is 0 Å². The van der Waals surface area contributed by atoms with Crippen LogP contribution in [0.25, 0.3) is 32.9 Å². The number of H-pyrrole nitrogens is 1. The molecule has 32 heavy (non-hydrogen) atoms. The molecule has 1 aromatic heterocycles. The zero-order valence-electron chi connectivity index (χ0n) is 16.9. The second-order valence-corrected chi connectivity index (χ2v) is 10.7. The van der Waals surface area contributed by atoms with Gasteiger partial charge in [0.1, 0.15) is 5.75 Å². The number of nitrogens with one attached hydrogen (secondary N) is 1. The van der Waals surface area contributed by atoms with Crippen molar-refractivity contribution in [3.8, 4) is 16.9 Å². The predicted molar refractivity (Wildman–Crippen MR) is 127 cm³/mol. The summed E-state index contributed by atoms with van der Waals surface area (Å²) in [6, 6.07) is 14.4. The Balaban J connectivity index is 1.65. The van der Waals surface area contributed by atoms with Crippen LogP contribution in [0.2, 0.25) is 5.02 Å². The Kier molecular flexibility index (Phi) is 4.79. The molecule has 4 aromatic rings. The summed E-state index contributed by atoms with van der Waals surface area (Å²) in [6.07, 6.45) is 0. The monoisotopic (exact) mass is 469 g/mol. The Morgan fingerprint density at radius 3 is 2.44 bits per heavy atom. The Hall–Kier alpha value is -3.23. The molecule has 5 rings (SSSR count). The molecule has 0 aliphatic carbocycles. The number of aromatic nitrogens is 1. The van der Waals surface area contributed by atoms with E-state index in [2.05, 4.69) is 4.98 Å². The fourth-order valence-electron chi connectivity index (χ4n) is 4.21. The minimum absolute atomic E-state index is 0.0169. The molecule has 2 heterocycles. The first-order valence-electron chi connectivity index (χ1n) is 10.1. The number of fused-ring (bicyclic) bond motifs is 3. The van der Waals surface area contributed by atoms with Gasteiger partial charge >= 0.3 is 0 Å². The van der Waals surface area contributed by atoms with Crippen LogP contribution in [-0.2, 0) is 9.84 Å². The number of halogens is 1. The number of benzene rings is 3. The minimum atomic E-state index is -2.96. The number of aromatic hydroxyl groups is 1. The van der Waals surface area contributed by atoms with Gasteiger partial charge < -0.3 is 20.7 Å². The van der Waals surface area contributed by atoms with Crippen molar-refractivity contribution in [3.63, 3.8) is 0 Å². The van der Waals surface area contributed by atoms with Gasteiger partial charge in [0.15, 0.2) is 9.84 Å². The smallest absolute Gasteiger partial charge is 0.250 e. The molecule has 1 saturated heterocycles. The first-order chi connectivity index (χ1) is 15.2. The van der Waals surface area contributed by atoms with E-state index < -0.39 is 15.7 Å². The van der Waals surface area contributed by atoms with Gasteiger partial charge in [-0.2, -0.15) is 0 Å². The number of hydrogen-bond donors (Lipinski definition) is 3. The van der Waals surface area contributed by atoms with Gasteiger partial charge in [-0.1, -0.05) is 23.7 Å². The molecule has 0 saturated carbocycles. The van der Waals surface area contributed by atoms with Crippen LogP contribution >= 0.6 is 11.6 Å². The molecule has 0 unspecified atom stereocenters. The molecular weight excluding hydrogens is 450 g/mol. The summed E-state index contributed by atoms with van der Waals surface area (Å²) in [5.41, 5.74) is 9.92. The lowest BCUT2D eigenvalue weighted by Gasteiger charge is -2.28. The van der Waals surface area contributed by atoms with Crippen molar-refractivity contribution < 1.29 is 18.3 Å². The average Bonchev–Trinajstić information content (AvgIpc) is 3.12. The van der Waals surface area contributed by atoms with E-state index in [4.69, 9.17) is 17.3 Å². The summed E-state index contributed by atoms with van der Waals surface area (Å²) >= 11 is 6.08. The van der Waals surface area contributed by atoms with Crippen molar-refractivity contribution >= 4 is 54.8 Å². The third-order valence-electron chi connectivity index (χ3n) is 5.95. The maximum atomic E-state index is 12.2. The summed E-state index contributed by atoms with van der Waals surface area (Å²) < 4.78 is 23.5. The van der Waals surface area contributed by atoms with Crippen molar-refractivity contribution in [3.05, 3.63) is 59.1 Å².